The molecule has 0 aliphatic heterocycles. The molecule has 1 aromatic rings. The van der Waals surface area contributed by atoms with E-state index in [-0.39, 0.29) is 17.8 Å². The molecule has 3 nitrogen and oxygen atoms in total. The maximum atomic E-state index is 11.0. The molecule has 2 unspecified atom stereocenters. The Kier molecular flexibility index (Phi) is 4.95. The van der Waals surface area contributed by atoms with Gasteiger partial charge in [0.15, 0.2) is 0 Å². The van der Waals surface area contributed by atoms with E-state index < -0.39 is 9.84 Å². The van der Waals surface area contributed by atoms with Crippen molar-refractivity contribution in [1.82, 2.24) is 5.32 Å². The third-order valence-corrected chi connectivity index (χ3v) is 4.46. The summed E-state index contributed by atoms with van der Waals surface area (Å²) in [5.74, 6) is 0.248. The zero-order chi connectivity index (χ0) is 12.2. The van der Waals surface area contributed by atoms with Crippen LogP contribution in [0.3, 0.4) is 0 Å². The summed E-state index contributed by atoms with van der Waals surface area (Å²) in [6, 6.07) is 4.62. The Morgan fingerprint density at radius 3 is 2.62 bits per heavy atom. The monoisotopic (exact) mass is 261 g/mol. The molecule has 0 aromatic carbocycles. The number of hydrogen-bond donors (Lipinski definition) is 1. The van der Waals surface area contributed by atoms with E-state index in [1.165, 1.54) is 11.1 Å². The molecule has 0 saturated heterocycles. The summed E-state index contributed by atoms with van der Waals surface area (Å²) < 4.78 is 22.0. The van der Waals surface area contributed by atoms with Crippen LogP contribution in [0.1, 0.15) is 31.2 Å². The van der Waals surface area contributed by atoms with Crippen LogP contribution < -0.4 is 5.32 Å². The van der Waals surface area contributed by atoms with Crippen LogP contribution in [0.4, 0.5) is 0 Å². The molecule has 1 heterocycles. The molecule has 0 aliphatic rings. The van der Waals surface area contributed by atoms with E-state index in [1.54, 1.807) is 11.3 Å². The Hall–Kier alpha value is -0.390. The summed E-state index contributed by atoms with van der Waals surface area (Å²) in [7, 11) is -2.85. The first-order valence-electron chi connectivity index (χ1n) is 5.35. The van der Waals surface area contributed by atoms with Gasteiger partial charge in [-0.15, -0.1) is 11.3 Å². The summed E-state index contributed by atoms with van der Waals surface area (Å²) in [5, 5.41) is 5.45. The first-order chi connectivity index (χ1) is 7.38. The Morgan fingerprint density at radius 1 is 1.44 bits per heavy atom. The van der Waals surface area contributed by atoms with Crippen LogP contribution in [0.25, 0.3) is 0 Å². The predicted molar refractivity (Wildman–Crippen MR) is 69.7 cm³/mol. The van der Waals surface area contributed by atoms with Gasteiger partial charge in [-0.3, -0.25) is 0 Å². The Labute approximate surface area is 102 Å². The van der Waals surface area contributed by atoms with Gasteiger partial charge in [-0.1, -0.05) is 6.07 Å². The summed E-state index contributed by atoms with van der Waals surface area (Å²) >= 11 is 1.72. The molecule has 0 saturated carbocycles. The minimum absolute atomic E-state index is 0.215. The second kappa shape index (κ2) is 5.80. The van der Waals surface area contributed by atoms with Gasteiger partial charge in [0.1, 0.15) is 9.84 Å². The zero-order valence-corrected chi connectivity index (χ0v) is 11.6. The van der Waals surface area contributed by atoms with Gasteiger partial charge in [-0.25, -0.2) is 8.42 Å². The zero-order valence-electron chi connectivity index (χ0n) is 9.93. The molecule has 5 heteroatoms. The predicted octanol–water partition coefficient (Wildman–Crippen LogP) is 2.22. The van der Waals surface area contributed by atoms with Gasteiger partial charge in [0.05, 0.1) is 5.75 Å². The maximum absolute atomic E-state index is 11.0. The quantitative estimate of drug-likeness (QED) is 0.854. The van der Waals surface area contributed by atoms with Crippen molar-refractivity contribution < 1.29 is 8.42 Å². The van der Waals surface area contributed by atoms with Gasteiger partial charge >= 0.3 is 0 Å². The fourth-order valence-electron chi connectivity index (χ4n) is 1.52. The Balaban J connectivity index is 2.37. The molecule has 92 valence electrons. The van der Waals surface area contributed by atoms with E-state index in [9.17, 15) is 8.42 Å². The average molecular weight is 261 g/mol. The number of thiophene rings is 1. The van der Waals surface area contributed by atoms with Crippen molar-refractivity contribution in [3.63, 3.8) is 0 Å². The summed E-state index contributed by atoms with van der Waals surface area (Å²) in [6.45, 7) is 4.12. The number of hydrogen-bond acceptors (Lipinski definition) is 4. The van der Waals surface area contributed by atoms with Crippen LogP contribution in [0.15, 0.2) is 17.5 Å². The molecule has 0 bridgehead atoms. The number of rotatable bonds is 6. The lowest BCUT2D eigenvalue weighted by Gasteiger charge is -2.18. The van der Waals surface area contributed by atoms with E-state index >= 15 is 0 Å². The van der Waals surface area contributed by atoms with Gasteiger partial charge in [-0.2, -0.15) is 0 Å². The Morgan fingerprint density at radius 2 is 2.12 bits per heavy atom. The second-order valence-corrected chi connectivity index (χ2v) is 7.46. The second-order valence-electron chi connectivity index (χ2n) is 4.22. The largest absolute Gasteiger partial charge is 0.307 e. The van der Waals surface area contributed by atoms with Crippen LogP contribution in [0.2, 0.25) is 0 Å². The van der Waals surface area contributed by atoms with E-state index in [0.29, 0.717) is 6.42 Å². The minimum atomic E-state index is -2.85. The van der Waals surface area contributed by atoms with Gasteiger partial charge < -0.3 is 5.32 Å². The average Bonchev–Trinajstić information content (AvgIpc) is 2.66. The molecule has 0 fully saturated rings. The van der Waals surface area contributed by atoms with Crippen molar-refractivity contribution in [2.24, 2.45) is 0 Å². The maximum Gasteiger partial charge on any atom is 0.147 e. The summed E-state index contributed by atoms with van der Waals surface area (Å²) in [6.07, 6.45) is 1.94. The highest BCUT2D eigenvalue weighted by molar-refractivity contribution is 7.90. The lowest BCUT2D eigenvalue weighted by molar-refractivity contribution is 0.472. The summed E-state index contributed by atoms with van der Waals surface area (Å²) in [5.41, 5.74) is 0. The summed E-state index contributed by atoms with van der Waals surface area (Å²) in [4.78, 5) is 1.28. The molecule has 0 spiro atoms. The van der Waals surface area contributed by atoms with Crippen LogP contribution >= 0.6 is 11.3 Å². The molecule has 0 aliphatic carbocycles. The van der Waals surface area contributed by atoms with Crippen LogP contribution in [0, 0.1) is 0 Å². The lowest BCUT2D eigenvalue weighted by Crippen LogP contribution is -2.30. The fourth-order valence-corrected chi connectivity index (χ4v) is 3.05. The third kappa shape index (κ3) is 5.09. The van der Waals surface area contributed by atoms with Crippen LogP contribution in [-0.4, -0.2) is 26.5 Å². The van der Waals surface area contributed by atoms with Crippen LogP contribution in [0.5, 0.6) is 0 Å². The minimum Gasteiger partial charge on any atom is -0.307 e. The smallest absolute Gasteiger partial charge is 0.147 e. The standard InChI is InChI=1S/C11H19NO2S2/c1-9(6-8-16(3,13)14)12-10(2)11-5-4-7-15-11/h4-5,7,9-10,12H,6,8H2,1-3H3. The molecule has 0 radical (unpaired) electrons. The molecule has 2 atom stereocenters. The molecule has 1 N–H and O–H groups in total. The van der Waals surface area contributed by atoms with E-state index in [0.717, 1.165) is 0 Å². The highest BCUT2D eigenvalue weighted by Crippen LogP contribution is 2.18. The van der Waals surface area contributed by atoms with Gasteiger partial charge in [0, 0.05) is 23.2 Å². The van der Waals surface area contributed by atoms with E-state index in [1.807, 2.05) is 13.0 Å². The lowest BCUT2D eigenvalue weighted by atomic mass is 10.2. The van der Waals surface area contributed by atoms with Gasteiger partial charge in [0.25, 0.3) is 0 Å². The molecule has 1 aromatic heterocycles. The molecular weight excluding hydrogens is 242 g/mol. The fraction of sp³-hybridized carbons (Fsp3) is 0.636. The van der Waals surface area contributed by atoms with E-state index in [4.69, 9.17) is 0 Å². The van der Waals surface area contributed by atoms with Crippen molar-refractivity contribution in [3.05, 3.63) is 22.4 Å². The first-order valence-corrected chi connectivity index (χ1v) is 8.29. The molecule has 0 amide bonds. The van der Waals surface area contributed by atoms with Crippen molar-refractivity contribution in [2.45, 2.75) is 32.4 Å². The van der Waals surface area contributed by atoms with Crippen LogP contribution in [-0.2, 0) is 9.84 Å². The Bertz CT molecular complexity index is 398. The molecule has 1 rings (SSSR count). The van der Waals surface area contributed by atoms with Crippen molar-refractivity contribution >= 4 is 21.2 Å². The topological polar surface area (TPSA) is 46.2 Å². The molecule has 16 heavy (non-hydrogen) atoms. The van der Waals surface area contributed by atoms with E-state index in [2.05, 4.69) is 23.7 Å². The highest BCUT2D eigenvalue weighted by Gasteiger charge is 2.12. The first kappa shape index (κ1) is 13.7. The normalized spacial score (nSPS) is 15.9. The number of nitrogens with one attached hydrogen (secondary N) is 1. The van der Waals surface area contributed by atoms with Gasteiger partial charge in [-0.05, 0) is 31.7 Å². The van der Waals surface area contributed by atoms with Gasteiger partial charge in [0.2, 0.25) is 0 Å². The third-order valence-electron chi connectivity index (χ3n) is 2.43. The number of sulfone groups is 1. The van der Waals surface area contributed by atoms with Crippen molar-refractivity contribution in [3.8, 4) is 0 Å². The van der Waals surface area contributed by atoms with Crippen molar-refractivity contribution in [1.29, 1.82) is 0 Å². The van der Waals surface area contributed by atoms with Crippen molar-refractivity contribution in [2.75, 3.05) is 12.0 Å². The molecular formula is C11H19NO2S2. The SMILES string of the molecule is CC(CCS(C)(=O)=O)NC(C)c1cccs1. The highest BCUT2D eigenvalue weighted by atomic mass is 32.2.